The lowest BCUT2D eigenvalue weighted by molar-refractivity contribution is -0.140. The van der Waals surface area contributed by atoms with E-state index < -0.39 is 5.97 Å². The zero-order valence-electron chi connectivity index (χ0n) is 18.3. The first-order chi connectivity index (χ1) is 14.8. The van der Waals surface area contributed by atoms with Crippen LogP contribution in [-0.4, -0.2) is 35.3 Å². The van der Waals surface area contributed by atoms with Crippen LogP contribution in [0.4, 0.5) is 0 Å². The van der Waals surface area contributed by atoms with Gasteiger partial charge in [0.1, 0.15) is 5.76 Å². The van der Waals surface area contributed by atoms with Crippen molar-refractivity contribution >= 4 is 17.8 Å². The topological polar surface area (TPSA) is 88.8 Å². The lowest BCUT2D eigenvalue weighted by Gasteiger charge is -2.34. The van der Waals surface area contributed by atoms with Gasteiger partial charge in [-0.1, -0.05) is 30.3 Å². The molecule has 1 aromatic heterocycles. The van der Waals surface area contributed by atoms with Gasteiger partial charge in [-0.25, -0.2) is 4.79 Å². The van der Waals surface area contributed by atoms with Crippen molar-refractivity contribution in [2.24, 2.45) is 0 Å². The van der Waals surface area contributed by atoms with Gasteiger partial charge in [-0.05, 0) is 45.4 Å². The van der Waals surface area contributed by atoms with Crippen LogP contribution < -0.4 is 5.32 Å². The van der Waals surface area contributed by atoms with Crippen LogP contribution in [0.2, 0.25) is 0 Å². The normalized spacial score (nSPS) is 16.6. The second-order valence-electron chi connectivity index (χ2n) is 7.76. The first-order valence-electron chi connectivity index (χ1n) is 10.4. The SMILES string of the molecule is CCOC(=O)C1=C(C)N(Cc2ccc(C(=O)NC(C)C)o2)C(=O)C[C@@H]1c1ccccc1. The van der Waals surface area contributed by atoms with Gasteiger partial charge >= 0.3 is 5.97 Å². The maximum absolute atomic E-state index is 13.0. The Labute approximate surface area is 182 Å². The van der Waals surface area contributed by atoms with Crippen molar-refractivity contribution in [2.45, 2.75) is 52.6 Å². The molecular weight excluding hydrogens is 396 g/mol. The molecule has 2 aromatic rings. The van der Waals surface area contributed by atoms with Crippen LogP contribution in [0, 0.1) is 0 Å². The third kappa shape index (κ3) is 5.05. The van der Waals surface area contributed by atoms with Crippen LogP contribution in [0.25, 0.3) is 0 Å². The third-order valence-electron chi connectivity index (χ3n) is 5.14. The van der Waals surface area contributed by atoms with Crippen LogP contribution in [0.5, 0.6) is 0 Å². The van der Waals surface area contributed by atoms with Crippen LogP contribution in [-0.2, 0) is 20.9 Å². The summed E-state index contributed by atoms with van der Waals surface area (Å²) >= 11 is 0. The molecule has 7 heteroatoms. The summed E-state index contributed by atoms with van der Waals surface area (Å²) in [6, 6.07) is 12.7. The van der Waals surface area contributed by atoms with E-state index >= 15 is 0 Å². The van der Waals surface area contributed by atoms with Gasteiger partial charge in [-0.2, -0.15) is 0 Å². The first-order valence-corrected chi connectivity index (χ1v) is 10.4. The van der Waals surface area contributed by atoms with E-state index in [0.717, 1.165) is 5.56 Å². The molecule has 31 heavy (non-hydrogen) atoms. The zero-order valence-corrected chi connectivity index (χ0v) is 18.3. The molecule has 0 bridgehead atoms. The van der Waals surface area contributed by atoms with Crippen molar-refractivity contribution in [1.29, 1.82) is 0 Å². The average molecular weight is 424 g/mol. The van der Waals surface area contributed by atoms with Gasteiger partial charge in [-0.3, -0.25) is 9.59 Å². The highest BCUT2D eigenvalue weighted by atomic mass is 16.5. The highest BCUT2D eigenvalue weighted by molar-refractivity contribution is 5.96. The average Bonchev–Trinajstić information content (AvgIpc) is 3.20. The second-order valence-corrected chi connectivity index (χ2v) is 7.76. The summed E-state index contributed by atoms with van der Waals surface area (Å²) in [5.41, 5.74) is 1.90. The van der Waals surface area contributed by atoms with Gasteiger partial charge in [-0.15, -0.1) is 0 Å². The minimum Gasteiger partial charge on any atom is -0.463 e. The van der Waals surface area contributed by atoms with Crippen molar-refractivity contribution in [1.82, 2.24) is 10.2 Å². The lowest BCUT2D eigenvalue weighted by atomic mass is 9.83. The van der Waals surface area contributed by atoms with Crippen LogP contribution in [0.15, 0.2) is 58.2 Å². The standard InChI is InChI=1S/C24H28N2O5/c1-5-30-24(29)22-16(4)26(21(27)13-19(22)17-9-7-6-8-10-17)14-18-11-12-20(31-18)23(28)25-15(2)3/h6-12,15,19H,5,13-14H2,1-4H3,(H,25,28)/t19-/m1/s1. The third-order valence-corrected chi connectivity index (χ3v) is 5.14. The number of carbonyl (C=O) groups is 3. The molecule has 0 saturated heterocycles. The molecule has 1 aromatic carbocycles. The zero-order chi connectivity index (χ0) is 22.5. The minimum absolute atomic E-state index is 0.0167. The van der Waals surface area contributed by atoms with Crippen LogP contribution in [0.1, 0.15) is 61.9 Å². The van der Waals surface area contributed by atoms with Crippen molar-refractivity contribution < 1.29 is 23.5 Å². The van der Waals surface area contributed by atoms with Crippen molar-refractivity contribution in [3.63, 3.8) is 0 Å². The molecule has 0 aliphatic carbocycles. The number of esters is 1. The number of allylic oxidation sites excluding steroid dienone is 1. The Hall–Kier alpha value is -3.35. The summed E-state index contributed by atoms with van der Waals surface area (Å²) in [5, 5.41) is 2.77. The van der Waals surface area contributed by atoms with Gasteiger partial charge in [0.25, 0.3) is 5.91 Å². The largest absolute Gasteiger partial charge is 0.463 e. The number of ether oxygens (including phenoxy) is 1. The molecule has 0 spiro atoms. The molecule has 3 rings (SSSR count). The van der Waals surface area contributed by atoms with Gasteiger partial charge in [0.05, 0.1) is 18.7 Å². The first kappa shape index (κ1) is 22.3. The van der Waals surface area contributed by atoms with Crippen molar-refractivity contribution in [3.8, 4) is 0 Å². The van der Waals surface area contributed by atoms with E-state index in [4.69, 9.17) is 9.15 Å². The molecule has 1 aliphatic heterocycles. The molecule has 7 nitrogen and oxygen atoms in total. The van der Waals surface area contributed by atoms with E-state index in [1.165, 1.54) is 4.90 Å². The lowest BCUT2D eigenvalue weighted by Crippen LogP contribution is -2.38. The quantitative estimate of drug-likeness (QED) is 0.684. The Morgan fingerprint density at radius 2 is 1.90 bits per heavy atom. The summed E-state index contributed by atoms with van der Waals surface area (Å²) < 4.78 is 11.0. The number of hydrogen-bond donors (Lipinski definition) is 1. The fraction of sp³-hybridized carbons (Fsp3) is 0.375. The molecule has 0 unspecified atom stereocenters. The maximum atomic E-state index is 13.0. The Bertz CT molecular complexity index is 990. The Balaban J connectivity index is 1.91. The van der Waals surface area contributed by atoms with E-state index in [-0.39, 0.29) is 49.1 Å². The van der Waals surface area contributed by atoms with Gasteiger partial charge < -0.3 is 19.4 Å². The van der Waals surface area contributed by atoms with E-state index in [0.29, 0.717) is 17.0 Å². The fourth-order valence-electron chi connectivity index (χ4n) is 3.72. The van der Waals surface area contributed by atoms with Crippen molar-refractivity contribution in [3.05, 3.63) is 70.8 Å². The number of rotatable bonds is 7. The van der Waals surface area contributed by atoms with E-state index in [2.05, 4.69) is 5.32 Å². The highest BCUT2D eigenvalue weighted by Crippen LogP contribution is 2.37. The Morgan fingerprint density at radius 1 is 1.19 bits per heavy atom. The van der Waals surface area contributed by atoms with E-state index in [9.17, 15) is 14.4 Å². The number of nitrogens with zero attached hydrogens (tertiary/aromatic N) is 1. The Kier molecular flexibility index (Phi) is 6.95. The van der Waals surface area contributed by atoms with Crippen LogP contribution in [0.3, 0.4) is 0 Å². The Morgan fingerprint density at radius 3 is 2.55 bits per heavy atom. The summed E-state index contributed by atoms with van der Waals surface area (Å²) in [5.74, 6) is -0.583. The minimum atomic E-state index is -0.428. The van der Waals surface area contributed by atoms with Gasteiger partial charge in [0.15, 0.2) is 5.76 Å². The number of nitrogens with one attached hydrogen (secondary N) is 1. The molecule has 0 saturated carbocycles. The van der Waals surface area contributed by atoms with Gasteiger partial charge in [0, 0.05) is 24.1 Å². The fourth-order valence-corrected chi connectivity index (χ4v) is 3.72. The predicted molar refractivity (Wildman–Crippen MR) is 115 cm³/mol. The van der Waals surface area contributed by atoms with Gasteiger partial charge in [0.2, 0.25) is 5.91 Å². The maximum Gasteiger partial charge on any atom is 0.336 e. The molecule has 0 radical (unpaired) electrons. The monoisotopic (exact) mass is 424 g/mol. The summed E-state index contributed by atoms with van der Waals surface area (Å²) in [6.45, 7) is 7.60. The molecular formula is C24H28N2O5. The predicted octanol–water partition coefficient (Wildman–Crippen LogP) is 3.77. The number of amides is 2. The summed E-state index contributed by atoms with van der Waals surface area (Å²) in [4.78, 5) is 39.5. The van der Waals surface area contributed by atoms with E-state index in [1.54, 1.807) is 26.0 Å². The molecule has 164 valence electrons. The second kappa shape index (κ2) is 9.64. The smallest absolute Gasteiger partial charge is 0.336 e. The molecule has 1 aliphatic rings. The summed E-state index contributed by atoms with van der Waals surface area (Å²) in [6.07, 6.45) is 0.150. The summed E-state index contributed by atoms with van der Waals surface area (Å²) in [7, 11) is 0. The highest BCUT2D eigenvalue weighted by Gasteiger charge is 2.37. The molecule has 0 fully saturated rings. The number of carbonyl (C=O) groups excluding carboxylic acids is 3. The van der Waals surface area contributed by atoms with Crippen molar-refractivity contribution in [2.75, 3.05) is 6.61 Å². The molecule has 1 atom stereocenters. The number of hydrogen-bond acceptors (Lipinski definition) is 5. The van der Waals surface area contributed by atoms with E-state index in [1.807, 2.05) is 44.2 Å². The molecule has 1 N–H and O–H groups in total. The number of furan rings is 1. The number of benzene rings is 1. The van der Waals surface area contributed by atoms with Crippen LogP contribution >= 0.6 is 0 Å². The molecule has 2 heterocycles. The molecule has 2 amide bonds.